The quantitative estimate of drug-likeness (QED) is 0.131. The van der Waals surface area contributed by atoms with Crippen LogP contribution in [-0.2, 0) is 5.41 Å². The van der Waals surface area contributed by atoms with Gasteiger partial charge < -0.3 is 4.90 Å². The van der Waals surface area contributed by atoms with Crippen molar-refractivity contribution in [3.05, 3.63) is 307 Å². The number of anilines is 3. The Morgan fingerprint density at radius 1 is 0.243 bits per heavy atom. The lowest BCUT2D eigenvalue weighted by Gasteiger charge is -2.34. The van der Waals surface area contributed by atoms with E-state index in [1.165, 1.54) is 88.3 Å². The summed E-state index contributed by atoms with van der Waals surface area (Å²) in [5.74, 6) is 0. The highest BCUT2D eigenvalue weighted by Gasteiger charge is 2.47. The standard InChI is InChI=1S/C69H47N/c1-6-22-48(23-7-1)49-40-43-56(44-41-49)70(65-39-21-38-64-68(65)61-36-18-19-37-63(61)69(64,54-29-12-4-13-30-54)55-31-14-5-15-32-55)57-33-20-28-52(46-57)53-42-45-59-58-34-16-17-35-60(58)66(50-24-8-2-9-25-50)67(62(59)47-53)51-26-10-3-11-27-51/h1-47H. The Morgan fingerprint density at radius 2 is 0.700 bits per heavy atom. The number of nitrogens with zero attached hydrogens (tertiary/aromatic N) is 1. The van der Waals surface area contributed by atoms with Crippen molar-refractivity contribution in [2.24, 2.45) is 0 Å². The van der Waals surface area contributed by atoms with E-state index in [0.29, 0.717) is 0 Å². The van der Waals surface area contributed by atoms with E-state index in [2.05, 4.69) is 290 Å². The summed E-state index contributed by atoms with van der Waals surface area (Å²) in [5, 5.41) is 4.98. The smallest absolute Gasteiger partial charge is 0.0714 e. The summed E-state index contributed by atoms with van der Waals surface area (Å²) in [6.07, 6.45) is 0. The van der Waals surface area contributed by atoms with Crippen LogP contribution in [0.5, 0.6) is 0 Å². The normalized spacial score (nSPS) is 12.4. The lowest BCUT2D eigenvalue weighted by atomic mass is 9.68. The first-order valence-corrected chi connectivity index (χ1v) is 24.3. The fourth-order valence-electron chi connectivity index (χ4n) is 11.5. The number of rotatable bonds is 9. The molecule has 0 bridgehead atoms. The van der Waals surface area contributed by atoms with Gasteiger partial charge in [-0.2, -0.15) is 0 Å². The SMILES string of the molecule is c1ccc(-c2ccc(N(c3cccc(-c4ccc5c(c4)c(-c4ccccc4)c(-c4ccccc4)c4ccccc45)c3)c3cccc4c3-c3ccccc3C4(c3ccccc3)c3ccccc3)cc2)cc1. The monoisotopic (exact) mass is 889 g/mol. The van der Waals surface area contributed by atoms with Crippen LogP contribution in [0.25, 0.3) is 77.2 Å². The van der Waals surface area contributed by atoms with Gasteiger partial charge >= 0.3 is 0 Å². The summed E-state index contributed by atoms with van der Waals surface area (Å²) in [5.41, 5.74) is 19.9. The van der Waals surface area contributed by atoms with Crippen molar-refractivity contribution >= 4 is 38.6 Å². The molecule has 0 saturated heterocycles. The van der Waals surface area contributed by atoms with Gasteiger partial charge in [0.2, 0.25) is 0 Å². The van der Waals surface area contributed by atoms with Gasteiger partial charge in [-0.25, -0.2) is 0 Å². The minimum Gasteiger partial charge on any atom is -0.310 e. The molecule has 1 aliphatic rings. The molecule has 0 amide bonds. The third kappa shape index (κ3) is 6.70. The topological polar surface area (TPSA) is 3.24 Å². The van der Waals surface area contributed by atoms with Gasteiger partial charge in [0.25, 0.3) is 0 Å². The van der Waals surface area contributed by atoms with Crippen LogP contribution < -0.4 is 4.90 Å². The van der Waals surface area contributed by atoms with Gasteiger partial charge in [-0.05, 0) is 130 Å². The summed E-state index contributed by atoms with van der Waals surface area (Å²) in [4.78, 5) is 2.48. The van der Waals surface area contributed by atoms with Crippen molar-refractivity contribution in [2.75, 3.05) is 4.90 Å². The van der Waals surface area contributed by atoms with E-state index in [1.54, 1.807) is 0 Å². The van der Waals surface area contributed by atoms with Crippen molar-refractivity contribution in [2.45, 2.75) is 5.41 Å². The van der Waals surface area contributed by atoms with Gasteiger partial charge in [0.15, 0.2) is 0 Å². The maximum absolute atomic E-state index is 2.48. The first-order chi connectivity index (χ1) is 34.8. The first kappa shape index (κ1) is 41.2. The van der Waals surface area contributed by atoms with E-state index in [1.807, 2.05) is 0 Å². The zero-order valence-corrected chi connectivity index (χ0v) is 38.6. The molecule has 1 aliphatic carbocycles. The maximum atomic E-state index is 2.48. The molecule has 0 heterocycles. The molecule has 12 aromatic carbocycles. The van der Waals surface area contributed by atoms with Gasteiger partial charge in [0.05, 0.1) is 11.1 Å². The molecule has 12 aromatic rings. The molecular formula is C69H47N. The number of hydrogen-bond donors (Lipinski definition) is 0. The van der Waals surface area contributed by atoms with Gasteiger partial charge in [0, 0.05) is 16.9 Å². The molecule has 0 unspecified atom stereocenters. The number of fused-ring (bicyclic) bond motifs is 6. The molecule has 328 valence electrons. The first-order valence-electron chi connectivity index (χ1n) is 24.3. The largest absolute Gasteiger partial charge is 0.310 e. The summed E-state index contributed by atoms with van der Waals surface area (Å²) >= 11 is 0. The number of hydrogen-bond acceptors (Lipinski definition) is 1. The van der Waals surface area contributed by atoms with E-state index in [0.717, 1.165) is 28.2 Å². The van der Waals surface area contributed by atoms with Crippen molar-refractivity contribution in [3.63, 3.8) is 0 Å². The van der Waals surface area contributed by atoms with Crippen LogP contribution >= 0.6 is 0 Å². The Hall–Kier alpha value is -9.04. The zero-order valence-electron chi connectivity index (χ0n) is 38.6. The molecule has 1 nitrogen and oxygen atoms in total. The minimum absolute atomic E-state index is 0.528. The summed E-state index contributed by atoms with van der Waals surface area (Å²) < 4.78 is 0. The molecule has 0 atom stereocenters. The Bertz CT molecular complexity index is 3800. The van der Waals surface area contributed by atoms with Crippen LogP contribution in [0, 0.1) is 0 Å². The highest BCUT2D eigenvalue weighted by molar-refractivity contribution is 6.22. The molecule has 0 aromatic heterocycles. The second kappa shape index (κ2) is 17.2. The Labute approximate surface area is 409 Å². The van der Waals surface area contributed by atoms with Gasteiger partial charge in [-0.3, -0.25) is 0 Å². The van der Waals surface area contributed by atoms with Crippen LogP contribution in [0.1, 0.15) is 22.3 Å². The third-order valence-corrected chi connectivity index (χ3v) is 14.5. The fraction of sp³-hybridized carbons (Fsp3) is 0.0145. The predicted molar refractivity (Wildman–Crippen MR) is 295 cm³/mol. The molecule has 70 heavy (non-hydrogen) atoms. The van der Waals surface area contributed by atoms with E-state index < -0.39 is 5.41 Å². The molecule has 13 rings (SSSR count). The van der Waals surface area contributed by atoms with Gasteiger partial charge in [0.1, 0.15) is 0 Å². The molecule has 0 radical (unpaired) electrons. The predicted octanol–water partition coefficient (Wildman–Crippen LogP) is 18.5. The molecule has 1 heteroatoms. The molecule has 0 N–H and O–H groups in total. The van der Waals surface area contributed by atoms with Crippen LogP contribution in [0.3, 0.4) is 0 Å². The fourth-order valence-corrected chi connectivity index (χ4v) is 11.5. The summed E-state index contributed by atoms with van der Waals surface area (Å²) in [6.45, 7) is 0. The zero-order chi connectivity index (χ0) is 46.4. The van der Waals surface area contributed by atoms with E-state index >= 15 is 0 Å². The maximum Gasteiger partial charge on any atom is 0.0714 e. The molecule has 0 fully saturated rings. The van der Waals surface area contributed by atoms with Crippen LogP contribution in [0.4, 0.5) is 17.1 Å². The highest BCUT2D eigenvalue weighted by Crippen LogP contribution is 2.59. The average molecular weight is 890 g/mol. The summed E-state index contributed by atoms with van der Waals surface area (Å²) in [7, 11) is 0. The molecule has 0 spiro atoms. The lowest BCUT2D eigenvalue weighted by Crippen LogP contribution is -2.28. The van der Waals surface area contributed by atoms with Crippen molar-refractivity contribution < 1.29 is 0 Å². The van der Waals surface area contributed by atoms with Gasteiger partial charge in [-0.15, -0.1) is 0 Å². The van der Waals surface area contributed by atoms with Gasteiger partial charge in [-0.1, -0.05) is 249 Å². The average Bonchev–Trinajstić information content (AvgIpc) is 3.76. The second-order valence-corrected chi connectivity index (χ2v) is 18.3. The van der Waals surface area contributed by atoms with Crippen molar-refractivity contribution in [1.29, 1.82) is 0 Å². The summed E-state index contributed by atoms with van der Waals surface area (Å²) in [6, 6.07) is 105. The van der Waals surface area contributed by atoms with E-state index in [4.69, 9.17) is 0 Å². The molecule has 0 saturated carbocycles. The molecule has 0 aliphatic heterocycles. The van der Waals surface area contributed by atoms with Crippen molar-refractivity contribution in [1.82, 2.24) is 0 Å². The lowest BCUT2D eigenvalue weighted by molar-refractivity contribution is 0.768. The highest BCUT2D eigenvalue weighted by atomic mass is 15.1. The van der Waals surface area contributed by atoms with Crippen molar-refractivity contribution in [3.8, 4) is 55.6 Å². The Morgan fingerprint density at radius 3 is 1.36 bits per heavy atom. The van der Waals surface area contributed by atoms with Crippen LogP contribution in [0.2, 0.25) is 0 Å². The second-order valence-electron chi connectivity index (χ2n) is 18.3. The minimum atomic E-state index is -0.528. The van der Waals surface area contributed by atoms with E-state index in [9.17, 15) is 0 Å². The number of benzene rings is 12. The Balaban J connectivity index is 1.05. The van der Waals surface area contributed by atoms with E-state index in [-0.39, 0.29) is 0 Å². The van der Waals surface area contributed by atoms with Crippen LogP contribution in [0.15, 0.2) is 285 Å². The third-order valence-electron chi connectivity index (χ3n) is 14.5. The van der Waals surface area contributed by atoms with Crippen LogP contribution in [-0.4, -0.2) is 0 Å². The molecular weight excluding hydrogens is 843 g/mol. The Kier molecular flexibility index (Phi) is 10.1.